The van der Waals surface area contributed by atoms with Crippen LogP contribution in [0.5, 0.6) is 0 Å². The van der Waals surface area contributed by atoms with Gasteiger partial charge >= 0.3 is 0 Å². The number of aromatic nitrogens is 3. The molecule has 0 aliphatic heterocycles. The van der Waals surface area contributed by atoms with Crippen molar-refractivity contribution < 1.29 is 14.3 Å². The highest BCUT2D eigenvalue weighted by atomic mass is 16.5. The molecule has 1 heterocycles. The Morgan fingerprint density at radius 2 is 1.88 bits per heavy atom. The van der Waals surface area contributed by atoms with Crippen molar-refractivity contribution >= 4 is 22.8 Å². The van der Waals surface area contributed by atoms with E-state index in [1.54, 1.807) is 16.7 Å². The van der Waals surface area contributed by atoms with E-state index in [9.17, 15) is 9.59 Å². The molecule has 1 aromatic heterocycles. The summed E-state index contributed by atoms with van der Waals surface area (Å²) in [5, 5.41) is 11.5. The topological polar surface area (TPSA) is 89.3 Å². The molecule has 2 aromatic carbocycles. The highest BCUT2D eigenvalue weighted by Crippen LogP contribution is 2.27. The summed E-state index contributed by atoms with van der Waals surface area (Å²) in [5.74, 6) is -0.360. The summed E-state index contributed by atoms with van der Waals surface area (Å²) >= 11 is 0. The summed E-state index contributed by atoms with van der Waals surface area (Å²) in [7, 11) is 1.59. The third-order valence-electron chi connectivity index (χ3n) is 6.31. The molecule has 1 aliphatic rings. The number of rotatable bonds is 9. The van der Waals surface area contributed by atoms with Crippen LogP contribution in [0, 0.1) is 6.92 Å². The molecule has 0 spiro atoms. The maximum atomic E-state index is 13.6. The molecule has 1 aliphatic carbocycles. The first-order valence-electron chi connectivity index (χ1n) is 11.5. The summed E-state index contributed by atoms with van der Waals surface area (Å²) in [4.78, 5) is 28.8. The molecule has 174 valence electrons. The fourth-order valence-corrected chi connectivity index (χ4v) is 4.54. The van der Waals surface area contributed by atoms with Crippen LogP contribution in [-0.4, -0.2) is 58.0 Å². The van der Waals surface area contributed by atoms with Crippen LogP contribution in [0.4, 0.5) is 0 Å². The third kappa shape index (κ3) is 5.22. The van der Waals surface area contributed by atoms with Crippen molar-refractivity contribution in [2.75, 3.05) is 20.3 Å². The van der Waals surface area contributed by atoms with Gasteiger partial charge in [0, 0.05) is 19.7 Å². The highest BCUT2D eigenvalue weighted by molar-refractivity contribution is 5.89. The van der Waals surface area contributed by atoms with Crippen molar-refractivity contribution in [1.29, 1.82) is 0 Å². The molecule has 33 heavy (non-hydrogen) atoms. The summed E-state index contributed by atoms with van der Waals surface area (Å²) in [5.41, 5.74) is 3.29. The van der Waals surface area contributed by atoms with Crippen LogP contribution >= 0.6 is 0 Å². The van der Waals surface area contributed by atoms with E-state index in [4.69, 9.17) is 4.74 Å². The fraction of sp³-hybridized carbons (Fsp3) is 0.440. The van der Waals surface area contributed by atoms with Gasteiger partial charge in [-0.2, -0.15) is 0 Å². The van der Waals surface area contributed by atoms with Crippen molar-refractivity contribution in [3.05, 3.63) is 59.7 Å². The Kier molecular flexibility index (Phi) is 7.34. The lowest BCUT2D eigenvalue weighted by Crippen LogP contribution is -2.48. The zero-order valence-electron chi connectivity index (χ0n) is 19.2. The normalized spacial score (nSPS) is 15.0. The van der Waals surface area contributed by atoms with Gasteiger partial charge in [-0.05, 0) is 43.0 Å². The van der Waals surface area contributed by atoms with Gasteiger partial charge in [-0.1, -0.05) is 54.5 Å². The number of amides is 2. The number of benzene rings is 2. The number of nitrogens with one attached hydrogen (secondary N) is 1. The number of aryl methyl sites for hydroxylation is 1. The molecule has 8 nitrogen and oxygen atoms in total. The van der Waals surface area contributed by atoms with Gasteiger partial charge in [-0.25, -0.2) is 4.68 Å². The summed E-state index contributed by atoms with van der Waals surface area (Å²) < 4.78 is 6.88. The minimum absolute atomic E-state index is 0.0106. The molecule has 3 aromatic rings. The van der Waals surface area contributed by atoms with Gasteiger partial charge in [-0.15, -0.1) is 5.10 Å². The Morgan fingerprint density at radius 1 is 1.15 bits per heavy atom. The van der Waals surface area contributed by atoms with Crippen LogP contribution in [0.1, 0.15) is 42.9 Å². The number of para-hydroxylation sites is 1. The van der Waals surface area contributed by atoms with Crippen LogP contribution in [0.3, 0.4) is 0 Å². The number of hydrogen-bond donors (Lipinski definition) is 1. The zero-order chi connectivity index (χ0) is 23.2. The van der Waals surface area contributed by atoms with Gasteiger partial charge in [0.05, 0.1) is 12.1 Å². The predicted molar refractivity (Wildman–Crippen MR) is 125 cm³/mol. The lowest BCUT2D eigenvalue weighted by molar-refractivity contribution is -0.142. The third-order valence-corrected chi connectivity index (χ3v) is 6.31. The van der Waals surface area contributed by atoms with Crippen molar-refractivity contribution in [1.82, 2.24) is 25.2 Å². The van der Waals surface area contributed by atoms with Crippen LogP contribution in [-0.2, 0) is 20.9 Å². The minimum atomic E-state index is -0.746. The van der Waals surface area contributed by atoms with Crippen molar-refractivity contribution in [2.24, 2.45) is 0 Å². The number of methoxy groups -OCH3 is 1. The number of nitrogens with zero attached hydrogens (tertiary/aromatic N) is 4. The van der Waals surface area contributed by atoms with E-state index in [0.29, 0.717) is 13.2 Å². The second-order valence-electron chi connectivity index (χ2n) is 8.56. The molecule has 1 fully saturated rings. The molecular formula is C25H31N5O3. The Labute approximate surface area is 193 Å². The fourth-order valence-electron chi connectivity index (χ4n) is 4.54. The van der Waals surface area contributed by atoms with E-state index < -0.39 is 6.04 Å². The van der Waals surface area contributed by atoms with E-state index in [2.05, 4.69) is 15.6 Å². The molecule has 1 N–H and O–H groups in total. The Balaban J connectivity index is 1.66. The summed E-state index contributed by atoms with van der Waals surface area (Å²) in [6.07, 6.45) is 4.18. The number of carbonyl (C=O) groups is 2. The molecule has 1 saturated carbocycles. The van der Waals surface area contributed by atoms with Gasteiger partial charge in [0.1, 0.15) is 18.1 Å². The van der Waals surface area contributed by atoms with Gasteiger partial charge in [0.15, 0.2) is 0 Å². The standard InChI is InChI=1S/C25H31N5O3/c1-18-9-3-6-12-20(18)24(25(32)26-19-10-4-5-11-19)29(15-16-33-2)23(31)17-30-22-14-8-7-13-21(22)27-28-30/h3,6-9,12-14,19,24H,4-5,10-11,15-17H2,1-2H3,(H,26,32). The van der Waals surface area contributed by atoms with E-state index in [1.165, 1.54) is 0 Å². The Morgan fingerprint density at radius 3 is 2.64 bits per heavy atom. The molecule has 1 unspecified atom stereocenters. The van der Waals surface area contributed by atoms with Gasteiger partial charge < -0.3 is 15.0 Å². The van der Waals surface area contributed by atoms with Crippen LogP contribution < -0.4 is 5.32 Å². The average molecular weight is 450 g/mol. The molecule has 2 amide bonds. The maximum absolute atomic E-state index is 13.6. The quantitative estimate of drug-likeness (QED) is 0.542. The lowest BCUT2D eigenvalue weighted by atomic mass is 9.98. The summed E-state index contributed by atoms with van der Waals surface area (Å²) in [6.45, 7) is 2.57. The smallest absolute Gasteiger partial charge is 0.247 e. The first-order valence-corrected chi connectivity index (χ1v) is 11.5. The van der Waals surface area contributed by atoms with Crippen molar-refractivity contribution in [3.63, 3.8) is 0 Å². The molecule has 0 saturated heterocycles. The van der Waals surface area contributed by atoms with Crippen LogP contribution in [0.2, 0.25) is 0 Å². The van der Waals surface area contributed by atoms with Gasteiger partial charge in [0.2, 0.25) is 11.8 Å². The molecule has 0 bridgehead atoms. The minimum Gasteiger partial charge on any atom is -0.383 e. The molecule has 0 radical (unpaired) electrons. The van der Waals surface area contributed by atoms with Crippen LogP contribution in [0.25, 0.3) is 11.0 Å². The van der Waals surface area contributed by atoms with E-state index in [0.717, 1.165) is 47.8 Å². The van der Waals surface area contributed by atoms with E-state index in [1.807, 2.05) is 55.5 Å². The van der Waals surface area contributed by atoms with Gasteiger partial charge in [-0.3, -0.25) is 9.59 Å². The zero-order valence-corrected chi connectivity index (χ0v) is 19.2. The molecule has 8 heteroatoms. The van der Waals surface area contributed by atoms with E-state index in [-0.39, 0.29) is 24.4 Å². The second-order valence-corrected chi connectivity index (χ2v) is 8.56. The highest BCUT2D eigenvalue weighted by Gasteiger charge is 2.34. The van der Waals surface area contributed by atoms with Crippen molar-refractivity contribution in [3.8, 4) is 0 Å². The summed E-state index contributed by atoms with van der Waals surface area (Å²) in [6, 6.07) is 14.7. The largest absolute Gasteiger partial charge is 0.383 e. The van der Waals surface area contributed by atoms with Gasteiger partial charge in [0.25, 0.3) is 0 Å². The number of fused-ring (bicyclic) bond motifs is 1. The Hall–Kier alpha value is -3.26. The lowest BCUT2D eigenvalue weighted by Gasteiger charge is -2.33. The number of hydrogen-bond acceptors (Lipinski definition) is 5. The molecule has 4 rings (SSSR count). The first-order chi connectivity index (χ1) is 16.1. The average Bonchev–Trinajstić information content (AvgIpc) is 3.47. The molecular weight excluding hydrogens is 418 g/mol. The molecule has 1 atom stereocenters. The first kappa shape index (κ1) is 22.9. The number of ether oxygens (including phenoxy) is 1. The van der Waals surface area contributed by atoms with Crippen LogP contribution in [0.15, 0.2) is 48.5 Å². The number of carbonyl (C=O) groups excluding carboxylic acids is 2. The van der Waals surface area contributed by atoms with Crippen molar-refractivity contribution in [2.45, 2.75) is 51.2 Å². The second kappa shape index (κ2) is 10.6. The Bertz CT molecular complexity index is 1110. The van der Waals surface area contributed by atoms with E-state index >= 15 is 0 Å². The SMILES string of the molecule is COCCN(C(=O)Cn1nnc2ccccc21)C(C(=O)NC1CCCC1)c1ccccc1C. The monoisotopic (exact) mass is 449 g/mol. The predicted octanol–water partition coefficient (Wildman–Crippen LogP) is 3.01. The maximum Gasteiger partial charge on any atom is 0.247 e.